The van der Waals surface area contributed by atoms with Gasteiger partial charge in [0.1, 0.15) is 6.54 Å². The largest absolute Gasteiger partial charge is 0.287 e. The highest BCUT2D eigenvalue weighted by atomic mass is 16.1. The molecule has 1 fully saturated rings. The molecule has 0 spiro atoms. The van der Waals surface area contributed by atoms with Gasteiger partial charge in [-0.3, -0.25) is 4.79 Å². The van der Waals surface area contributed by atoms with Crippen LogP contribution in [0.5, 0.6) is 0 Å². The fourth-order valence-electron chi connectivity index (χ4n) is 3.71. The molecule has 0 saturated heterocycles. The van der Waals surface area contributed by atoms with Crippen LogP contribution in [0.1, 0.15) is 55.3 Å². The van der Waals surface area contributed by atoms with Gasteiger partial charge in [-0.2, -0.15) is 0 Å². The first kappa shape index (κ1) is 13.5. The number of ketones is 1. The Bertz CT molecular complexity index is 503. The topological polar surface area (TPSA) is 20.1 Å². The van der Waals surface area contributed by atoms with Gasteiger partial charge in [-0.15, -0.1) is 0 Å². The van der Waals surface area contributed by atoms with Gasteiger partial charge in [0.2, 0.25) is 12.3 Å². The van der Waals surface area contributed by atoms with Crippen LogP contribution in [0.3, 0.4) is 0 Å². The van der Waals surface area contributed by atoms with Gasteiger partial charge >= 0.3 is 0 Å². The van der Waals surface area contributed by atoms with Crippen molar-refractivity contribution in [3.05, 3.63) is 35.9 Å². The fraction of sp³-hybridized carbons (Fsp3) is 0.556. The molecule has 0 N–H and O–H groups in total. The van der Waals surface area contributed by atoms with Crippen LogP contribution in [-0.4, -0.2) is 29.2 Å². The highest BCUT2D eigenvalue weighted by Gasteiger charge is 2.31. The molecule has 0 amide bonds. The molecule has 1 unspecified atom stereocenters. The average Bonchev–Trinajstić information content (AvgIpc) is 2.74. The maximum Gasteiger partial charge on any atom is 0.227 e. The van der Waals surface area contributed by atoms with E-state index in [1.165, 1.54) is 44.9 Å². The molecular weight excluding hydrogens is 246 g/mol. The summed E-state index contributed by atoms with van der Waals surface area (Å²) < 4.78 is 2.40. The second-order valence-electron chi connectivity index (χ2n) is 6.14. The van der Waals surface area contributed by atoms with Crippen LogP contribution in [0.25, 0.3) is 0 Å². The van der Waals surface area contributed by atoms with Crippen LogP contribution in [0.2, 0.25) is 0 Å². The first-order valence-electron chi connectivity index (χ1n) is 8.03. The molecule has 0 bridgehead atoms. The van der Waals surface area contributed by atoms with Crippen molar-refractivity contribution in [3.8, 4) is 0 Å². The van der Waals surface area contributed by atoms with Crippen LogP contribution in [0.4, 0.5) is 0 Å². The zero-order chi connectivity index (χ0) is 13.8. The molecule has 1 atom stereocenters. The minimum absolute atomic E-state index is 0.267. The molecule has 1 saturated carbocycles. The lowest BCUT2D eigenvalue weighted by Gasteiger charge is -2.21. The molecule has 0 aromatic heterocycles. The SMILES string of the molecule is O=C(C[N+]1=C2CCCCCC2CCC1)c1ccccc1. The monoisotopic (exact) mass is 270 g/mol. The number of hydrogen-bond acceptors (Lipinski definition) is 1. The molecule has 1 aliphatic carbocycles. The third kappa shape index (κ3) is 3.00. The van der Waals surface area contributed by atoms with Crippen LogP contribution >= 0.6 is 0 Å². The summed E-state index contributed by atoms with van der Waals surface area (Å²) >= 11 is 0. The van der Waals surface area contributed by atoms with Crippen molar-refractivity contribution in [2.75, 3.05) is 13.1 Å². The summed E-state index contributed by atoms with van der Waals surface area (Å²) in [6, 6.07) is 9.73. The number of benzene rings is 1. The molecule has 2 heteroatoms. The van der Waals surface area contributed by atoms with Crippen molar-refractivity contribution < 1.29 is 9.37 Å². The number of carbonyl (C=O) groups excluding carboxylic acids is 1. The molecule has 2 aliphatic rings. The molecule has 3 rings (SSSR count). The van der Waals surface area contributed by atoms with Crippen molar-refractivity contribution >= 4 is 11.5 Å². The molecule has 1 heterocycles. The van der Waals surface area contributed by atoms with E-state index in [4.69, 9.17) is 0 Å². The number of carbonyl (C=O) groups is 1. The standard InChI is InChI=1S/C18H24NO/c20-18(16-9-4-1-5-10-16)14-19-13-7-11-15-8-3-2-6-12-17(15)19/h1,4-5,9-10,15H,2-3,6-8,11-14H2/q+1. The van der Waals surface area contributed by atoms with E-state index >= 15 is 0 Å². The predicted octanol–water partition coefficient (Wildman–Crippen LogP) is 3.70. The Morgan fingerprint density at radius 3 is 2.70 bits per heavy atom. The number of Topliss-reactive ketones (excluding diaryl/α,β-unsaturated/α-hetero) is 1. The Hall–Kier alpha value is -1.44. The van der Waals surface area contributed by atoms with E-state index in [0.29, 0.717) is 6.54 Å². The van der Waals surface area contributed by atoms with Gasteiger partial charge in [0.15, 0.2) is 5.71 Å². The minimum Gasteiger partial charge on any atom is -0.287 e. The maximum absolute atomic E-state index is 12.4. The number of nitrogens with zero attached hydrogens (tertiary/aromatic N) is 1. The molecular formula is C18H24NO+. The van der Waals surface area contributed by atoms with E-state index < -0.39 is 0 Å². The van der Waals surface area contributed by atoms with Gasteiger partial charge < -0.3 is 0 Å². The lowest BCUT2D eigenvalue weighted by Crippen LogP contribution is -2.36. The number of hydrogen-bond donors (Lipinski definition) is 0. The summed E-state index contributed by atoms with van der Waals surface area (Å²) in [4.78, 5) is 12.4. The summed E-state index contributed by atoms with van der Waals surface area (Å²) in [7, 11) is 0. The van der Waals surface area contributed by atoms with Gasteiger partial charge in [0.25, 0.3) is 0 Å². The number of rotatable bonds is 3. The summed E-state index contributed by atoms with van der Waals surface area (Å²) in [6.07, 6.45) is 9.18. The van der Waals surface area contributed by atoms with Crippen molar-refractivity contribution in [2.24, 2.45) is 5.92 Å². The van der Waals surface area contributed by atoms with Crippen molar-refractivity contribution in [1.29, 1.82) is 0 Å². The van der Waals surface area contributed by atoms with Crippen molar-refractivity contribution in [2.45, 2.75) is 44.9 Å². The van der Waals surface area contributed by atoms with Gasteiger partial charge in [-0.25, -0.2) is 4.58 Å². The van der Waals surface area contributed by atoms with Crippen molar-refractivity contribution in [3.63, 3.8) is 0 Å². The third-order valence-electron chi connectivity index (χ3n) is 4.77. The van der Waals surface area contributed by atoms with Crippen LogP contribution < -0.4 is 0 Å². The van der Waals surface area contributed by atoms with E-state index in [0.717, 1.165) is 18.0 Å². The third-order valence-corrected chi connectivity index (χ3v) is 4.77. The number of fused-ring (bicyclic) bond motifs is 1. The molecule has 2 nitrogen and oxygen atoms in total. The minimum atomic E-state index is 0.267. The second kappa shape index (κ2) is 6.34. The maximum atomic E-state index is 12.4. The first-order valence-corrected chi connectivity index (χ1v) is 8.03. The molecule has 1 aromatic rings. The second-order valence-corrected chi connectivity index (χ2v) is 6.14. The van der Waals surface area contributed by atoms with E-state index in [2.05, 4.69) is 4.58 Å². The Kier molecular flexibility index (Phi) is 4.29. The fourth-order valence-corrected chi connectivity index (χ4v) is 3.71. The van der Waals surface area contributed by atoms with Gasteiger partial charge in [0, 0.05) is 24.3 Å². The smallest absolute Gasteiger partial charge is 0.227 e. The van der Waals surface area contributed by atoms with Crippen LogP contribution in [0, 0.1) is 5.92 Å². The normalized spacial score (nSPS) is 23.1. The zero-order valence-corrected chi connectivity index (χ0v) is 12.2. The highest BCUT2D eigenvalue weighted by Crippen LogP contribution is 2.27. The van der Waals surface area contributed by atoms with E-state index in [9.17, 15) is 4.79 Å². The Balaban J connectivity index is 1.79. The van der Waals surface area contributed by atoms with E-state index in [1.807, 2.05) is 30.3 Å². The molecule has 106 valence electrons. The average molecular weight is 270 g/mol. The first-order chi connectivity index (χ1) is 9.84. The van der Waals surface area contributed by atoms with E-state index in [1.54, 1.807) is 5.71 Å². The summed E-state index contributed by atoms with van der Waals surface area (Å²) in [5, 5.41) is 0. The molecule has 20 heavy (non-hydrogen) atoms. The van der Waals surface area contributed by atoms with Gasteiger partial charge in [0.05, 0.1) is 0 Å². The van der Waals surface area contributed by atoms with Crippen LogP contribution in [0.15, 0.2) is 30.3 Å². The predicted molar refractivity (Wildman–Crippen MR) is 81.6 cm³/mol. The highest BCUT2D eigenvalue weighted by molar-refractivity contribution is 5.97. The zero-order valence-electron chi connectivity index (χ0n) is 12.2. The van der Waals surface area contributed by atoms with E-state index in [-0.39, 0.29) is 5.78 Å². The van der Waals surface area contributed by atoms with Gasteiger partial charge in [-0.1, -0.05) is 43.2 Å². The Labute approximate surface area is 121 Å². The Morgan fingerprint density at radius 1 is 1.05 bits per heavy atom. The molecule has 0 radical (unpaired) electrons. The van der Waals surface area contributed by atoms with Gasteiger partial charge in [-0.05, 0) is 19.3 Å². The molecule has 1 aliphatic heterocycles. The quantitative estimate of drug-likeness (QED) is 0.606. The lowest BCUT2D eigenvalue weighted by molar-refractivity contribution is -0.523. The lowest BCUT2D eigenvalue weighted by atomic mass is 9.89. The summed E-state index contributed by atoms with van der Waals surface area (Å²) in [5.74, 6) is 1.03. The van der Waals surface area contributed by atoms with Crippen molar-refractivity contribution in [1.82, 2.24) is 0 Å². The summed E-state index contributed by atoms with van der Waals surface area (Å²) in [6.45, 7) is 1.65. The Morgan fingerprint density at radius 2 is 1.85 bits per heavy atom. The van der Waals surface area contributed by atoms with Crippen LogP contribution in [-0.2, 0) is 0 Å². The summed E-state index contributed by atoms with van der Waals surface area (Å²) in [5.41, 5.74) is 2.43. The molecule has 1 aromatic carbocycles.